The molecule has 1 fully saturated rings. The number of nitrogens with zero attached hydrogens (tertiary/aromatic N) is 2. The Morgan fingerprint density at radius 2 is 2.05 bits per heavy atom. The van der Waals surface area contributed by atoms with Crippen molar-refractivity contribution in [3.8, 4) is 0 Å². The summed E-state index contributed by atoms with van der Waals surface area (Å²) < 4.78 is 43.9. The van der Waals surface area contributed by atoms with Crippen molar-refractivity contribution in [2.45, 2.75) is 50.9 Å². The second-order valence-electron chi connectivity index (χ2n) is 4.76. The molecule has 0 bridgehead atoms. The topological polar surface area (TPSA) is 27.1 Å². The predicted molar refractivity (Wildman–Crippen MR) is 72.8 cm³/mol. The first-order valence-corrected chi connectivity index (χ1v) is 7.41. The Hall–Kier alpha value is -0.310. The largest absolute Gasteiger partial charge is 0.391 e. The van der Waals surface area contributed by atoms with Crippen LogP contribution in [0.15, 0.2) is 6.20 Å². The Kier molecular flexibility index (Phi) is 5.10. The van der Waals surface area contributed by atoms with Crippen LogP contribution in [0.4, 0.5) is 13.2 Å². The van der Waals surface area contributed by atoms with E-state index in [9.17, 15) is 13.2 Å². The highest BCUT2D eigenvalue weighted by molar-refractivity contribution is 14.1. The fourth-order valence-electron chi connectivity index (χ4n) is 2.22. The normalized spacial score (nSPS) is 17.3. The SMILES string of the molecule is FC(F)(F)CCOCc1nn(C2CCCC2)cc1I. The lowest BCUT2D eigenvalue weighted by Crippen LogP contribution is -2.12. The number of ether oxygens (including phenoxy) is 1. The van der Waals surface area contributed by atoms with Gasteiger partial charge in [0.1, 0.15) is 5.69 Å². The van der Waals surface area contributed by atoms with Crippen molar-refractivity contribution in [1.29, 1.82) is 0 Å². The first-order valence-electron chi connectivity index (χ1n) is 6.34. The molecule has 1 saturated carbocycles. The molecule has 0 radical (unpaired) electrons. The summed E-state index contributed by atoms with van der Waals surface area (Å²) >= 11 is 2.15. The number of rotatable bonds is 5. The first-order chi connectivity index (χ1) is 8.96. The van der Waals surface area contributed by atoms with Gasteiger partial charge in [-0.1, -0.05) is 12.8 Å². The van der Waals surface area contributed by atoms with E-state index in [2.05, 4.69) is 27.7 Å². The van der Waals surface area contributed by atoms with Gasteiger partial charge in [0.2, 0.25) is 0 Å². The summed E-state index contributed by atoms with van der Waals surface area (Å²) in [5.41, 5.74) is 0.731. The molecule has 0 aliphatic heterocycles. The molecule has 0 N–H and O–H groups in total. The molecule has 0 saturated heterocycles. The van der Waals surface area contributed by atoms with Gasteiger partial charge in [-0.15, -0.1) is 0 Å². The molecule has 108 valence electrons. The van der Waals surface area contributed by atoms with Crippen LogP contribution < -0.4 is 0 Å². The van der Waals surface area contributed by atoms with Gasteiger partial charge < -0.3 is 4.74 Å². The highest BCUT2D eigenvalue weighted by Crippen LogP contribution is 2.30. The van der Waals surface area contributed by atoms with E-state index in [1.807, 2.05) is 10.9 Å². The van der Waals surface area contributed by atoms with Crippen molar-refractivity contribution in [2.24, 2.45) is 0 Å². The molecular weight excluding hydrogens is 372 g/mol. The first kappa shape index (κ1) is 15.1. The lowest BCUT2D eigenvalue weighted by atomic mass is 10.3. The maximum absolute atomic E-state index is 12.0. The van der Waals surface area contributed by atoms with Gasteiger partial charge in [-0.05, 0) is 35.4 Å². The van der Waals surface area contributed by atoms with E-state index < -0.39 is 12.6 Å². The zero-order chi connectivity index (χ0) is 13.9. The van der Waals surface area contributed by atoms with E-state index in [1.165, 1.54) is 12.8 Å². The summed E-state index contributed by atoms with van der Waals surface area (Å²) in [5, 5.41) is 4.43. The van der Waals surface area contributed by atoms with Crippen LogP contribution in [0.25, 0.3) is 0 Å². The smallest absolute Gasteiger partial charge is 0.375 e. The van der Waals surface area contributed by atoms with Gasteiger partial charge in [0.25, 0.3) is 0 Å². The van der Waals surface area contributed by atoms with E-state index >= 15 is 0 Å². The van der Waals surface area contributed by atoms with Crippen LogP contribution in [0.2, 0.25) is 0 Å². The van der Waals surface area contributed by atoms with Crippen LogP contribution >= 0.6 is 22.6 Å². The Bertz CT molecular complexity index is 414. The van der Waals surface area contributed by atoms with Crippen molar-refractivity contribution in [1.82, 2.24) is 9.78 Å². The minimum absolute atomic E-state index is 0.147. The monoisotopic (exact) mass is 388 g/mol. The van der Waals surface area contributed by atoms with Gasteiger partial charge in [0, 0.05) is 6.20 Å². The predicted octanol–water partition coefficient (Wildman–Crippen LogP) is 4.07. The summed E-state index contributed by atoms with van der Waals surface area (Å²) in [4.78, 5) is 0. The third kappa shape index (κ3) is 4.62. The van der Waals surface area contributed by atoms with Crippen molar-refractivity contribution < 1.29 is 17.9 Å². The summed E-state index contributed by atoms with van der Waals surface area (Å²) in [6, 6.07) is 0.442. The van der Waals surface area contributed by atoms with Crippen molar-refractivity contribution in [2.75, 3.05) is 6.61 Å². The molecule has 0 unspecified atom stereocenters. The molecule has 19 heavy (non-hydrogen) atoms. The highest BCUT2D eigenvalue weighted by Gasteiger charge is 2.26. The van der Waals surface area contributed by atoms with Gasteiger partial charge >= 0.3 is 6.18 Å². The quantitative estimate of drug-likeness (QED) is 0.562. The highest BCUT2D eigenvalue weighted by atomic mass is 127. The minimum atomic E-state index is -4.16. The van der Waals surface area contributed by atoms with Gasteiger partial charge in [-0.2, -0.15) is 18.3 Å². The van der Waals surface area contributed by atoms with Gasteiger partial charge in [0.05, 0.1) is 29.2 Å². The van der Waals surface area contributed by atoms with Crippen LogP contribution in [0.1, 0.15) is 43.8 Å². The van der Waals surface area contributed by atoms with Crippen LogP contribution in [-0.2, 0) is 11.3 Å². The van der Waals surface area contributed by atoms with Gasteiger partial charge in [0.15, 0.2) is 0 Å². The molecule has 1 aliphatic carbocycles. The van der Waals surface area contributed by atoms with E-state index in [0.29, 0.717) is 6.04 Å². The Morgan fingerprint density at radius 3 is 2.68 bits per heavy atom. The number of hydrogen-bond acceptors (Lipinski definition) is 2. The molecule has 7 heteroatoms. The number of aromatic nitrogens is 2. The molecule has 1 aromatic heterocycles. The van der Waals surface area contributed by atoms with Crippen LogP contribution in [0.3, 0.4) is 0 Å². The average Bonchev–Trinajstić information content (AvgIpc) is 2.92. The third-order valence-corrected chi connectivity index (χ3v) is 4.13. The molecule has 0 spiro atoms. The molecule has 0 atom stereocenters. The average molecular weight is 388 g/mol. The molecule has 0 aromatic carbocycles. The third-order valence-electron chi connectivity index (χ3n) is 3.22. The molecule has 0 amide bonds. The summed E-state index contributed by atoms with van der Waals surface area (Å²) in [5.74, 6) is 0. The van der Waals surface area contributed by atoms with E-state index in [4.69, 9.17) is 4.74 Å². The van der Waals surface area contributed by atoms with Crippen molar-refractivity contribution in [3.63, 3.8) is 0 Å². The zero-order valence-electron chi connectivity index (χ0n) is 10.4. The van der Waals surface area contributed by atoms with Crippen molar-refractivity contribution >= 4 is 22.6 Å². The Labute approximate surface area is 123 Å². The van der Waals surface area contributed by atoms with Gasteiger partial charge in [-0.25, -0.2) is 0 Å². The molecule has 1 heterocycles. The van der Waals surface area contributed by atoms with E-state index in [-0.39, 0.29) is 13.2 Å². The fourth-order valence-corrected chi connectivity index (χ4v) is 2.77. The molecule has 1 aliphatic rings. The molecule has 2 rings (SSSR count). The number of alkyl halides is 3. The minimum Gasteiger partial charge on any atom is -0.375 e. The summed E-state index contributed by atoms with van der Waals surface area (Å²) in [6.45, 7) is -0.163. The summed E-state index contributed by atoms with van der Waals surface area (Å²) in [7, 11) is 0. The van der Waals surface area contributed by atoms with E-state index in [1.54, 1.807) is 0 Å². The zero-order valence-corrected chi connectivity index (χ0v) is 12.6. The van der Waals surface area contributed by atoms with Crippen LogP contribution in [-0.4, -0.2) is 22.6 Å². The fraction of sp³-hybridized carbons (Fsp3) is 0.750. The molecule has 3 nitrogen and oxygen atoms in total. The lowest BCUT2D eigenvalue weighted by molar-refractivity contribution is -0.146. The van der Waals surface area contributed by atoms with E-state index in [0.717, 1.165) is 22.1 Å². The lowest BCUT2D eigenvalue weighted by Gasteiger charge is -2.09. The standard InChI is InChI=1S/C12H16F3IN2O/c13-12(14,15)5-6-19-8-11-10(16)7-18(17-11)9-3-1-2-4-9/h7,9H,1-6,8H2. The molecular formula is C12H16F3IN2O. The van der Waals surface area contributed by atoms with Crippen LogP contribution in [0, 0.1) is 3.57 Å². The van der Waals surface area contributed by atoms with Gasteiger partial charge in [-0.3, -0.25) is 4.68 Å². The second kappa shape index (κ2) is 6.43. The maximum Gasteiger partial charge on any atom is 0.391 e. The molecule has 1 aromatic rings. The van der Waals surface area contributed by atoms with Crippen molar-refractivity contribution in [3.05, 3.63) is 15.5 Å². The summed E-state index contributed by atoms with van der Waals surface area (Å²) in [6.07, 6.45) is 1.59. The number of halogens is 4. The van der Waals surface area contributed by atoms with Crippen LogP contribution in [0.5, 0.6) is 0 Å². The Balaban J connectivity index is 1.83. The Morgan fingerprint density at radius 1 is 1.37 bits per heavy atom. The number of hydrogen-bond donors (Lipinski definition) is 0. The second-order valence-corrected chi connectivity index (χ2v) is 5.92. The maximum atomic E-state index is 12.0.